The van der Waals surface area contributed by atoms with E-state index < -0.39 is 0 Å². The molecule has 0 radical (unpaired) electrons. The molecule has 2 fully saturated rings. The number of rotatable bonds is 7. The molecule has 0 spiro atoms. The molecule has 0 aliphatic carbocycles. The summed E-state index contributed by atoms with van der Waals surface area (Å²) in [5.41, 5.74) is 3.19. The first-order valence-corrected chi connectivity index (χ1v) is 12.5. The van der Waals surface area contributed by atoms with E-state index in [1.165, 1.54) is 11.1 Å². The molecule has 34 heavy (non-hydrogen) atoms. The lowest BCUT2D eigenvalue weighted by Crippen LogP contribution is -2.38. The fourth-order valence-corrected chi connectivity index (χ4v) is 5.12. The van der Waals surface area contributed by atoms with Gasteiger partial charge >= 0.3 is 0 Å². The second-order valence-corrected chi connectivity index (χ2v) is 9.29. The van der Waals surface area contributed by atoms with E-state index in [1.807, 2.05) is 46.1 Å². The van der Waals surface area contributed by atoms with Crippen LogP contribution < -0.4 is 4.74 Å². The number of para-hydroxylation sites is 1. The van der Waals surface area contributed by atoms with Crippen molar-refractivity contribution in [3.63, 3.8) is 0 Å². The smallest absolute Gasteiger partial charge is 0.257 e. The fourth-order valence-electron chi connectivity index (χ4n) is 5.12. The highest BCUT2D eigenvalue weighted by atomic mass is 16.5. The number of amides is 1. The molecule has 1 amide bonds. The van der Waals surface area contributed by atoms with Gasteiger partial charge < -0.3 is 14.4 Å². The van der Waals surface area contributed by atoms with E-state index in [9.17, 15) is 4.79 Å². The summed E-state index contributed by atoms with van der Waals surface area (Å²) < 4.78 is 13.4. The van der Waals surface area contributed by atoms with Crippen molar-refractivity contribution in [3.05, 3.63) is 66.0 Å². The van der Waals surface area contributed by atoms with Crippen LogP contribution in [0.2, 0.25) is 0 Å². The van der Waals surface area contributed by atoms with Crippen LogP contribution in [0.5, 0.6) is 5.75 Å². The number of likely N-dealkylation sites (tertiary alicyclic amines) is 1. The molecule has 7 nitrogen and oxygen atoms in total. The number of ether oxygens (including phenoxy) is 2. The predicted molar refractivity (Wildman–Crippen MR) is 131 cm³/mol. The molecule has 2 aliphatic rings. The van der Waals surface area contributed by atoms with Gasteiger partial charge in [-0.1, -0.05) is 18.2 Å². The fraction of sp³-hybridized carbons (Fsp3) is 0.481. The highest BCUT2D eigenvalue weighted by Gasteiger charge is 2.24. The Balaban J connectivity index is 1.18. The molecule has 7 heteroatoms. The van der Waals surface area contributed by atoms with Crippen molar-refractivity contribution in [2.45, 2.75) is 25.7 Å². The number of fused-ring (bicyclic) bond motifs is 1. The average Bonchev–Trinajstić information content (AvgIpc) is 3.25. The zero-order valence-electron chi connectivity index (χ0n) is 19.8. The highest BCUT2D eigenvalue weighted by molar-refractivity contribution is 5.97. The Labute approximate surface area is 201 Å². The number of benzene rings is 1. The third-order valence-electron chi connectivity index (χ3n) is 7.05. The number of morpholine rings is 1. The molecular formula is C27H34N4O3. The maximum atomic E-state index is 13.5. The summed E-state index contributed by atoms with van der Waals surface area (Å²) in [4.78, 5) is 17.8. The first-order valence-electron chi connectivity index (χ1n) is 12.5. The number of carbonyl (C=O) groups is 1. The Hall–Kier alpha value is -2.90. The topological polar surface area (TPSA) is 59.3 Å². The van der Waals surface area contributed by atoms with Crippen LogP contribution in [0.4, 0.5) is 0 Å². The zero-order chi connectivity index (χ0) is 23.2. The number of pyridine rings is 1. The standard InChI is InChI=1S/C27H34N4O3/c32-27(24-7-1-2-8-26(24)34-20-17-29-15-18-33-19-16-29)30-12-3-5-22(10-14-30)21-23-6-4-13-31-25(23)9-11-28-31/h1-2,4,6-9,11,13,22H,3,5,10,12,14-21H2/t22-/m1/s1. The quantitative estimate of drug-likeness (QED) is 0.538. The lowest BCUT2D eigenvalue weighted by Gasteiger charge is -2.26. The van der Waals surface area contributed by atoms with Crippen LogP contribution >= 0.6 is 0 Å². The molecule has 4 heterocycles. The van der Waals surface area contributed by atoms with Gasteiger partial charge in [0.25, 0.3) is 5.91 Å². The van der Waals surface area contributed by atoms with Gasteiger partial charge in [-0.3, -0.25) is 9.69 Å². The minimum atomic E-state index is 0.0838. The molecule has 2 saturated heterocycles. The van der Waals surface area contributed by atoms with Crippen molar-refractivity contribution in [3.8, 4) is 5.75 Å². The van der Waals surface area contributed by atoms with Gasteiger partial charge in [0.1, 0.15) is 12.4 Å². The molecule has 0 bridgehead atoms. The SMILES string of the molecule is O=C(c1ccccc1OCCN1CCOCC1)N1CCC[C@@H](Cc2cccn3nccc23)CC1. The minimum Gasteiger partial charge on any atom is -0.491 e. The van der Waals surface area contributed by atoms with Gasteiger partial charge in [-0.25, -0.2) is 4.52 Å². The van der Waals surface area contributed by atoms with Crippen molar-refractivity contribution >= 4 is 11.4 Å². The number of carbonyl (C=O) groups excluding carboxylic acids is 1. The van der Waals surface area contributed by atoms with E-state index in [0.717, 1.165) is 71.6 Å². The molecular weight excluding hydrogens is 428 g/mol. The molecule has 3 aromatic rings. The second-order valence-electron chi connectivity index (χ2n) is 9.29. The molecule has 0 N–H and O–H groups in total. The summed E-state index contributed by atoms with van der Waals surface area (Å²) in [7, 11) is 0. The maximum absolute atomic E-state index is 13.5. The maximum Gasteiger partial charge on any atom is 0.257 e. The lowest BCUT2D eigenvalue weighted by molar-refractivity contribution is 0.0321. The van der Waals surface area contributed by atoms with E-state index in [4.69, 9.17) is 9.47 Å². The molecule has 0 unspecified atom stereocenters. The van der Waals surface area contributed by atoms with Crippen LogP contribution in [-0.4, -0.2) is 77.9 Å². The zero-order valence-corrected chi connectivity index (χ0v) is 19.8. The van der Waals surface area contributed by atoms with Gasteiger partial charge in [0, 0.05) is 45.1 Å². The number of nitrogens with zero attached hydrogens (tertiary/aromatic N) is 4. The third kappa shape index (κ3) is 5.42. The number of hydrogen-bond donors (Lipinski definition) is 0. The lowest BCUT2D eigenvalue weighted by atomic mass is 9.92. The van der Waals surface area contributed by atoms with Crippen molar-refractivity contribution in [1.29, 1.82) is 0 Å². The van der Waals surface area contributed by atoms with Gasteiger partial charge in [0.05, 0.1) is 24.3 Å². The van der Waals surface area contributed by atoms with Crippen LogP contribution in [-0.2, 0) is 11.2 Å². The Morgan fingerprint density at radius 3 is 2.82 bits per heavy atom. The van der Waals surface area contributed by atoms with E-state index >= 15 is 0 Å². The monoisotopic (exact) mass is 462 g/mol. The van der Waals surface area contributed by atoms with Crippen LogP contribution in [0.1, 0.15) is 35.2 Å². The van der Waals surface area contributed by atoms with Crippen LogP contribution in [0.25, 0.3) is 5.52 Å². The molecule has 1 aromatic carbocycles. The van der Waals surface area contributed by atoms with Gasteiger partial charge in [0.15, 0.2) is 0 Å². The first-order chi connectivity index (χ1) is 16.8. The molecule has 180 valence electrons. The van der Waals surface area contributed by atoms with Crippen LogP contribution in [0.15, 0.2) is 54.9 Å². The Bertz CT molecular complexity index is 1090. The molecule has 2 aromatic heterocycles. The second kappa shape index (κ2) is 11.0. The molecule has 2 aliphatic heterocycles. The Morgan fingerprint density at radius 1 is 1.03 bits per heavy atom. The molecule has 0 saturated carbocycles. The van der Waals surface area contributed by atoms with Crippen molar-refractivity contribution in [2.24, 2.45) is 5.92 Å². The van der Waals surface area contributed by atoms with E-state index in [0.29, 0.717) is 23.8 Å². The summed E-state index contributed by atoms with van der Waals surface area (Å²) in [5.74, 6) is 1.34. The minimum absolute atomic E-state index is 0.0838. The Kier molecular flexibility index (Phi) is 7.41. The van der Waals surface area contributed by atoms with Crippen molar-refractivity contribution in [2.75, 3.05) is 52.5 Å². The van der Waals surface area contributed by atoms with Gasteiger partial charge in [-0.2, -0.15) is 5.10 Å². The average molecular weight is 463 g/mol. The van der Waals surface area contributed by atoms with Crippen molar-refractivity contribution < 1.29 is 14.3 Å². The van der Waals surface area contributed by atoms with Crippen LogP contribution in [0, 0.1) is 5.92 Å². The summed E-state index contributed by atoms with van der Waals surface area (Å²) in [6.45, 7) is 6.45. The van der Waals surface area contributed by atoms with Crippen molar-refractivity contribution in [1.82, 2.24) is 19.4 Å². The Morgan fingerprint density at radius 2 is 1.91 bits per heavy atom. The summed E-state index contributed by atoms with van der Waals surface area (Å²) >= 11 is 0. The number of hydrogen-bond acceptors (Lipinski definition) is 5. The third-order valence-corrected chi connectivity index (χ3v) is 7.05. The van der Waals surface area contributed by atoms with Gasteiger partial charge in [-0.05, 0) is 61.4 Å². The van der Waals surface area contributed by atoms with E-state index in [2.05, 4.69) is 28.2 Å². The molecule has 1 atom stereocenters. The molecule has 5 rings (SSSR count). The predicted octanol–water partition coefficient (Wildman–Crippen LogP) is 3.53. The first kappa shape index (κ1) is 22.9. The summed E-state index contributed by atoms with van der Waals surface area (Å²) in [6.07, 6.45) is 8.05. The van der Waals surface area contributed by atoms with Gasteiger partial charge in [-0.15, -0.1) is 0 Å². The normalized spacial score (nSPS) is 19.8. The summed E-state index contributed by atoms with van der Waals surface area (Å²) in [6, 6.07) is 14.0. The van der Waals surface area contributed by atoms with Crippen LogP contribution in [0.3, 0.4) is 0 Å². The van der Waals surface area contributed by atoms with Gasteiger partial charge in [0.2, 0.25) is 0 Å². The number of aromatic nitrogens is 2. The highest BCUT2D eigenvalue weighted by Crippen LogP contribution is 2.26. The largest absolute Gasteiger partial charge is 0.491 e. The van der Waals surface area contributed by atoms with E-state index in [1.54, 1.807) is 0 Å². The summed E-state index contributed by atoms with van der Waals surface area (Å²) in [5, 5.41) is 4.36. The van der Waals surface area contributed by atoms with E-state index in [-0.39, 0.29) is 5.91 Å².